The van der Waals surface area contributed by atoms with Crippen molar-refractivity contribution in [1.82, 2.24) is 5.32 Å². The number of aliphatic carboxylic acids is 1. The fourth-order valence-electron chi connectivity index (χ4n) is 3.35. The van der Waals surface area contributed by atoms with Crippen LogP contribution in [0.3, 0.4) is 0 Å². The smallest absolute Gasteiger partial charge is 0.308 e. The normalized spacial score (nSPS) is 34.6. The van der Waals surface area contributed by atoms with E-state index in [1.165, 1.54) is 0 Å². The molecule has 2 aliphatic carbocycles. The zero-order valence-corrected chi connectivity index (χ0v) is 9.89. The second-order valence-electron chi connectivity index (χ2n) is 5.12. The first-order valence-electron chi connectivity index (χ1n) is 6.26. The number of rotatable bonds is 5. The SMILES string of the molecule is C=CCCC(=O)NC1C2CCC(C2)C1C(=O)O. The Hall–Kier alpha value is -1.32. The minimum Gasteiger partial charge on any atom is -0.481 e. The molecular weight excluding hydrogens is 218 g/mol. The van der Waals surface area contributed by atoms with E-state index in [0.29, 0.717) is 18.8 Å². The molecule has 4 unspecified atom stereocenters. The Balaban J connectivity index is 1.96. The monoisotopic (exact) mass is 237 g/mol. The largest absolute Gasteiger partial charge is 0.481 e. The lowest BCUT2D eigenvalue weighted by Crippen LogP contribution is -2.46. The molecule has 0 saturated heterocycles. The maximum absolute atomic E-state index is 11.7. The van der Waals surface area contributed by atoms with Gasteiger partial charge in [-0.2, -0.15) is 0 Å². The van der Waals surface area contributed by atoms with E-state index < -0.39 is 5.97 Å². The van der Waals surface area contributed by atoms with Gasteiger partial charge in [0.25, 0.3) is 0 Å². The summed E-state index contributed by atoms with van der Waals surface area (Å²) in [6.07, 6.45) is 5.77. The van der Waals surface area contributed by atoms with E-state index in [0.717, 1.165) is 19.3 Å². The third-order valence-electron chi connectivity index (χ3n) is 4.10. The summed E-state index contributed by atoms with van der Waals surface area (Å²) in [6, 6.07) is -0.149. The zero-order valence-electron chi connectivity index (χ0n) is 9.89. The van der Waals surface area contributed by atoms with Crippen LogP contribution in [-0.2, 0) is 9.59 Å². The van der Waals surface area contributed by atoms with E-state index >= 15 is 0 Å². The average molecular weight is 237 g/mol. The van der Waals surface area contributed by atoms with E-state index in [1.54, 1.807) is 6.08 Å². The molecule has 0 spiro atoms. The van der Waals surface area contributed by atoms with Gasteiger partial charge in [-0.1, -0.05) is 6.08 Å². The Morgan fingerprint density at radius 3 is 2.71 bits per heavy atom. The van der Waals surface area contributed by atoms with Crippen LogP contribution in [0.1, 0.15) is 32.1 Å². The lowest BCUT2D eigenvalue weighted by atomic mass is 9.84. The van der Waals surface area contributed by atoms with Gasteiger partial charge in [-0.15, -0.1) is 6.58 Å². The van der Waals surface area contributed by atoms with Crippen LogP contribution in [0.4, 0.5) is 0 Å². The number of allylic oxidation sites excluding steroid dienone is 1. The Labute approximate surface area is 101 Å². The molecular formula is C13H19NO3. The quantitative estimate of drug-likeness (QED) is 0.713. The molecule has 17 heavy (non-hydrogen) atoms. The highest BCUT2D eigenvalue weighted by Gasteiger charge is 2.51. The molecule has 0 aliphatic heterocycles. The highest BCUT2D eigenvalue weighted by Crippen LogP contribution is 2.48. The summed E-state index contributed by atoms with van der Waals surface area (Å²) in [5, 5.41) is 12.1. The molecule has 0 heterocycles. The van der Waals surface area contributed by atoms with Gasteiger partial charge >= 0.3 is 5.97 Å². The molecule has 2 saturated carbocycles. The van der Waals surface area contributed by atoms with E-state index in [9.17, 15) is 14.7 Å². The molecule has 4 nitrogen and oxygen atoms in total. The van der Waals surface area contributed by atoms with E-state index in [2.05, 4.69) is 11.9 Å². The molecule has 2 N–H and O–H groups in total. The van der Waals surface area contributed by atoms with Gasteiger partial charge in [0.05, 0.1) is 5.92 Å². The van der Waals surface area contributed by atoms with Crippen molar-refractivity contribution in [3.8, 4) is 0 Å². The topological polar surface area (TPSA) is 66.4 Å². The molecule has 2 bridgehead atoms. The van der Waals surface area contributed by atoms with Crippen LogP contribution in [0.5, 0.6) is 0 Å². The maximum Gasteiger partial charge on any atom is 0.308 e. The van der Waals surface area contributed by atoms with Crippen LogP contribution >= 0.6 is 0 Å². The predicted molar refractivity (Wildman–Crippen MR) is 63.3 cm³/mol. The number of amides is 1. The predicted octanol–water partition coefficient (Wildman–Crippen LogP) is 1.57. The summed E-state index contributed by atoms with van der Waals surface area (Å²) in [4.78, 5) is 22.9. The van der Waals surface area contributed by atoms with Gasteiger partial charge in [0.1, 0.15) is 0 Å². The molecule has 1 amide bonds. The number of hydrogen-bond donors (Lipinski definition) is 2. The molecule has 2 fully saturated rings. The maximum atomic E-state index is 11.7. The summed E-state index contributed by atoms with van der Waals surface area (Å²) < 4.78 is 0. The van der Waals surface area contributed by atoms with Crippen molar-refractivity contribution in [2.24, 2.45) is 17.8 Å². The van der Waals surface area contributed by atoms with Gasteiger partial charge in [-0.3, -0.25) is 9.59 Å². The highest BCUT2D eigenvalue weighted by atomic mass is 16.4. The Morgan fingerprint density at radius 1 is 1.35 bits per heavy atom. The van der Waals surface area contributed by atoms with Crippen LogP contribution in [0.2, 0.25) is 0 Å². The number of fused-ring (bicyclic) bond motifs is 2. The van der Waals surface area contributed by atoms with Gasteiger partial charge < -0.3 is 10.4 Å². The molecule has 2 rings (SSSR count). The van der Waals surface area contributed by atoms with Crippen LogP contribution in [-0.4, -0.2) is 23.0 Å². The third kappa shape index (κ3) is 2.35. The number of nitrogens with one attached hydrogen (secondary N) is 1. The number of carboxylic acids is 1. The van der Waals surface area contributed by atoms with Crippen LogP contribution in [0.15, 0.2) is 12.7 Å². The molecule has 0 aromatic rings. The van der Waals surface area contributed by atoms with Crippen molar-refractivity contribution in [1.29, 1.82) is 0 Å². The van der Waals surface area contributed by atoms with Crippen molar-refractivity contribution in [2.45, 2.75) is 38.1 Å². The Kier molecular flexibility index (Phi) is 3.50. The fourth-order valence-corrected chi connectivity index (χ4v) is 3.35. The lowest BCUT2D eigenvalue weighted by molar-refractivity contribution is -0.144. The molecule has 0 aromatic carbocycles. The van der Waals surface area contributed by atoms with Gasteiger partial charge in [0, 0.05) is 12.5 Å². The first kappa shape index (κ1) is 12.1. The van der Waals surface area contributed by atoms with Gasteiger partial charge in [-0.05, 0) is 37.5 Å². The summed E-state index contributed by atoms with van der Waals surface area (Å²) >= 11 is 0. The van der Waals surface area contributed by atoms with E-state index in [-0.39, 0.29) is 23.8 Å². The highest BCUT2D eigenvalue weighted by molar-refractivity contribution is 5.78. The molecule has 0 radical (unpaired) electrons. The van der Waals surface area contributed by atoms with E-state index in [1.807, 2.05) is 0 Å². The summed E-state index contributed by atoms with van der Waals surface area (Å²) in [6.45, 7) is 3.57. The first-order valence-corrected chi connectivity index (χ1v) is 6.26. The molecule has 94 valence electrons. The second kappa shape index (κ2) is 4.90. The molecule has 4 atom stereocenters. The fraction of sp³-hybridized carbons (Fsp3) is 0.692. The van der Waals surface area contributed by atoms with Crippen molar-refractivity contribution in [3.05, 3.63) is 12.7 Å². The summed E-state index contributed by atoms with van der Waals surface area (Å²) in [5.41, 5.74) is 0. The standard InChI is InChI=1S/C13H19NO3/c1-2-3-4-10(15)14-12-9-6-5-8(7-9)11(12)13(16)17/h2,8-9,11-12H,1,3-7H2,(H,14,15)(H,16,17). The molecule has 2 aliphatic rings. The minimum atomic E-state index is -0.758. The molecule has 4 heteroatoms. The minimum absolute atomic E-state index is 0.0475. The van der Waals surface area contributed by atoms with Gasteiger partial charge in [0.15, 0.2) is 0 Å². The lowest BCUT2D eigenvalue weighted by Gasteiger charge is -2.28. The summed E-state index contributed by atoms with van der Waals surface area (Å²) in [7, 11) is 0. The number of carbonyl (C=O) groups is 2. The van der Waals surface area contributed by atoms with Gasteiger partial charge in [-0.25, -0.2) is 0 Å². The van der Waals surface area contributed by atoms with Gasteiger partial charge in [0.2, 0.25) is 5.91 Å². The van der Waals surface area contributed by atoms with Crippen LogP contribution in [0, 0.1) is 17.8 Å². The van der Waals surface area contributed by atoms with Crippen molar-refractivity contribution >= 4 is 11.9 Å². The third-order valence-corrected chi connectivity index (χ3v) is 4.10. The second-order valence-corrected chi connectivity index (χ2v) is 5.12. The van der Waals surface area contributed by atoms with Crippen molar-refractivity contribution in [3.63, 3.8) is 0 Å². The Bertz CT molecular complexity index is 340. The van der Waals surface area contributed by atoms with E-state index in [4.69, 9.17) is 0 Å². The number of hydrogen-bond acceptors (Lipinski definition) is 2. The summed E-state index contributed by atoms with van der Waals surface area (Å²) in [5.74, 6) is -0.544. The first-order chi connectivity index (χ1) is 8.13. The Morgan fingerprint density at radius 2 is 2.06 bits per heavy atom. The zero-order chi connectivity index (χ0) is 12.4. The van der Waals surface area contributed by atoms with Crippen LogP contribution in [0.25, 0.3) is 0 Å². The average Bonchev–Trinajstić information content (AvgIpc) is 2.86. The van der Waals surface area contributed by atoms with Crippen molar-refractivity contribution < 1.29 is 14.7 Å². The van der Waals surface area contributed by atoms with Crippen molar-refractivity contribution in [2.75, 3.05) is 0 Å². The van der Waals surface area contributed by atoms with Crippen LogP contribution < -0.4 is 5.32 Å². The molecule has 0 aromatic heterocycles. The number of carboxylic acid groups (broad SMARTS) is 1. The number of carbonyl (C=O) groups excluding carboxylic acids is 1.